The third kappa shape index (κ3) is 4.48. The smallest absolute Gasteiger partial charge is 0.123 e. The molecule has 5 heteroatoms. The molecular weight excluding hydrogens is 341 g/mol. The van der Waals surface area contributed by atoms with Gasteiger partial charge in [-0.05, 0) is 43.5 Å². The summed E-state index contributed by atoms with van der Waals surface area (Å²) in [5.74, 6) is -0.220. The van der Waals surface area contributed by atoms with Crippen LogP contribution in [-0.2, 0) is 6.54 Å². The standard InChI is InChI=1S/C22H30FN3O/c23-18-7-9-22-17(14-18)6-8-19(24-22)15-25-11-12-26(21(16-25)10-13-27)20-4-2-1-3-5-20/h6-9,14,20-21,27H,1-5,10-13,15-16H2. The zero-order valence-corrected chi connectivity index (χ0v) is 16.0. The summed E-state index contributed by atoms with van der Waals surface area (Å²) in [6, 6.07) is 9.86. The van der Waals surface area contributed by atoms with E-state index in [0.29, 0.717) is 12.1 Å². The van der Waals surface area contributed by atoms with Crippen molar-refractivity contribution in [3.63, 3.8) is 0 Å². The Labute approximate surface area is 161 Å². The van der Waals surface area contributed by atoms with Gasteiger partial charge in [-0.3, -0.25) is 14.8 Å². The first kappa shape index (κ1) is 18.8. The molecule has 2 aliphatic rings. The molecule has 1 saturated heterocycles. The summed E-state index contributed by atoms with van der Waals surface area (Å²) < 4.78 is 13.4. The number of fused-ring (bicyclic) bond motifs is 1. The van der Waals surface area contributed by atoms with E-state index in [2.05, 4.69) is 9.80 Å². The molecule has 0 amide bonds. The van der Waals surface area contributed by atoms with Crippen molar-refractivity contribution >= 4 is 10.9 Å². The minimum Gasteiger partial charge on any atom is -0.396 e. The number of aromatic nitrogens is 1. The Morgan fingerprint density at radius 3 is 2.74 bits per heavy atom. The molecule has 1 saturated carbocycles. The van der Waals surface area contributed by atoms with Crippen LogP contribution >= 0.6 is 0 Å². The Kier molecular flexibility index (Phi) is 6.01. The van der Waals surface area contributed by atoms with Gasteiger partial charge in [0, 0.05) is 50.3 Å². The molecule has 1 unspecified atom stereocenters. The van der Waals surface area contributed by atoms with E-state index in [1.165, 1.54) is 44.2 Å². The van der Waals surface area contributed by atoms with Crippen molar-refractivity contribution in [1.82, 2.24) is 14.8 Å². The van der Waals surface area contributed by atoms with E-state index in [1.807, 2.05) is 12.1 Å². The number of nitrogens with zero attached hydrogens (tertiary/aromatic N) is 3. The molecule has 1 aliphatic heterocycles. The number of pyridine rings is 1. The Hall–Kier alpha value is -1.56. The molecule has 1 aromatic carbocycles. The van der Waals surface area contributed by atoms with E-state index in [-0.39, 0.29) is 12.4 Å². The lowest BCUT2D eigenvalue weighted by Crippen LogP contribution is -2.56. The highest BCUT2D eigenvalue weighted by Crippen LogP contribution is 2.27. The predicted molar refractivity (Wildman–Crippen MR) is 106 cm³/mol. The fourth-order valence-electron chi connectivity index (χ4n) is 4.83. The van der Waals surface area contributed by atoms with E-state index in [9.17, 15) is 9.50 Å². The third-order valence-electron chi connectivity index (χ3n) is 6.21. The summed E-state index contributed by atoms with van der Waals surface area (Å²) in [4.78, 5) is 9.84. The second kappa shape index (κ2) is 8.63. The number of hydrogen-bond acceptors (Lipinski definition) is 4. The summed E-state index contributed by atoms with van der Waals surface area (Å²) >= 11 is 0. The zero-order valence-electron chi connectivity index (χ0n) is 16.0. The molecule has 1 aromatic heterocycles. The molecule has 1 N–H and O–H groups in total. The van der Waals surface area contributed by atoms with Crippen LogP contribution in [0.5, 0.6) is 0 Å². The van der Waals surface area contributed by atoms with Gasteiger partial charge in [-0.15, -0.1) is 0 Å². The van der Waals surface area contributed by atoms with Crippen LogP contribution in [0.2, 0.25) is 0 Å². The quantitative estimate of drug-likeness (QED) is 0.872. The monoisotopic (exact) mass is 371 g/mol. The van der Waals surface area contributed by atoms with Crippen molar-refractivity contribution in [2.45, 2.75) is 57.2 Å². The molecule has 2 aromatic rings. The van der Waals surface area contributed by atoms with Crippen LogP contribution in [0.15, 0.2) is 30.3 Å². The first-order chi connectivity index (χ1) is 13.2. The van der Waals surface area contributed by atoms with E-state index < -0.39 is 0 Å². The van der Waals surface area contributed by atoms with Crippen LogP contribution < -0.4 is 0 Å². The van der Waals surface area contributed by atoms with Crippen molar-refractivity contribution in [2.75, 3.05) is 26.2 Å². The van der Waals surface area contributed by atoms with Crippen molar-refractivity contribution in [3.05, 3.63) is 41.8 Å². The van der Waals surface area contributed by atoms with Gasteiger partial charge in [0.05, 0.1) is 11.2 Å². The molecule has 2 heterocycles. The molecule has 4 rings (SSSR count). The highest BCUT2D eigenvalue weighted by Gasteiger charge is 2.32. The minimum absolute atomic E-state index is 0.220. The normalized spacial score (nSPS) is 23.1. The van der Waals surface area contributed by atoms with Gasteiger partial charge in [-0.2, -0.15) is 0 Å². The lowest BCUT2D eigenvalue weighted by atomic mass is 9.92. The van der Waals surface area contributed by atoms with Crippen molar-refractivity contribution in [2.24, 2.45) is 0 Å². The summed E-state index contributed by atoms with van der Waals surface area (Å²) in [6.07, 6.45) is 7.53. The maximum absolute atomic E-state index is 13.4. The van der Waals surface area contributed by atoms with Gasteiger partial charge < -0.3 is 5.11 Å². The molecule has 1 atom stereocenters. The summed E-state index contributed by atoms with van der Waals surface area (Å²) in [5.41, 5.74) is 1.88. The van der Waals surface area contributed by atoms with Gasteiger partial charge in [-0.25, -0.2) is 4.39 Å². The number of benzene rings is 1. The molecule has 1 aliphatic carbocycles. The highest BCUT2D eigenvalue weighted by molar-refractivity contribution is 5.78. The third-order valence-corrected chi connectivity index (χ3v) is 6.21. The zero-order chi connectivity index (χ0) is 18.6. The minimum atomic E-state index is -0.220. The Morgan fingerprint density at radius 2 is 1.93 bits per heavy atom. The topological polar surface area (TPSA) is 39.6 Å². The van der Waals surface area contributed by atoms with Gasteiger partial charge in [0.1, 0.15) is 5.82 Å². The van der Waals surface area contributed by atoms with E-state index >= 15 is 0 Å². The Bertz CT molecular complexity index is 762. The van der Waals surface area contributed by atoms with Crippen LogP contribution in [0.4, 0.5) is 4.39 Å². The second-order valence-corrected chi connectivity index (χ2v) is 8.07. The Balaban J connectivity index is 1.43. The van der Waals surface area contributed by atoms with Gasteiger partial charge in [0.25, 0.3) is 0 Å². The Morgan fingerprint density at radius 1 is 1.07 bits per heavy atom. The molecular formula is C22H30FN3O. The van der Waals surface area contributed by atoms with Crippen molar-refractivity contribution in [1.29, 1.82) is 0 Å². The number of piperazine rings is 1. The van der Waals surface area contributed by atoms with Crippen LogP contribution in [0.25, 0.3) is 10.9 Å². The summed E-state index contributed by atoms with van der Waals surface area (Å²) in [7, 11) is 0. The SMILES string of the molecule is OCCC1CN(Cc2ccc3cc(F)ccc3n2)CCN1C1CCCCC1. The fourth-order valence-corrected chi connectivity index (χ4v) is 4.83. The maximum atomic E-state index is 13.4. The fraction of sp³-hybridized carbons (Fsp3) is 0.591. The van der Waals surface area contributed by atoms with Gasteiger partial charge in [0.2, 0.25) is 0 Å². The van der Waals surface area contributed by atoms with Crippen LogP contribution in [0.1, 0.15) is 44.2 Å². The van der Waals surface area contributed by atoms with Gasteiger partial charge in [-0.1, -0.05) is 25.3 Å². The number of aliphatic hydroxyl groups excluding tert-OH is 1. The summed E-state index contributed by atoms with van der Waals surface area (Å²) in [6.45, 7) is 4.17. The van der Waals surface area contributed by atoms with Crippen LogP contribution in [0.3, 0.4) is 0 Å². The largest absolute Gasteiger partial charge is 0.396 e. The first-order valence-corrected chi connectivity index (χ1v) is 10.4. The van der Waals surface area contributed by atoms with Gasteiger partial charge >= 0.3 is 0 Å². The maximum Gasteiger partial charge on any atom is 0.123 e. The first-order valence-electron chi connectivity index (χ1n) is 10.4. The molecule has 0 bridgehead atoms. The van der Waals surface area contributed by atoms with Crippen LogP contribution in [0, 0.1) is 5.82 Å². The predicted octanol–water partition coefficient (Wildman–Crippen LogP) is 3.58. The molecule has 27 heavy (non-hydrogen) atoms. The lowest BCUT2D eigenvalue weighted by Gasteiger charge is -2.46. The van der Waals surface area contributed by atoms with E-state index in [4.69, 9.17) is 4.98 Å². The average Bonchev–Trinajstić information content (AvgIpc) is 2.69. The highest BCUT2D eigenvalue weighted by atomic mass is 19.1. The van der Waals surface area contributed by atoms with E-state index in [1.54, 1.807) is 6.07 Å². The summed E-state index contributed by atoms with van der Waals surface area (Å²) in [5, 5.41) is 10.4. The van der Waals surface area contributed by atoms with Gasteiger partial charge in [0.15, 0.2) is 0 Å². The van der Waals surface area contributed by atoms with Crippen molar-refractivity contribution < 1.29 is 9.50 Å². The second-order valence-electron chi connectivity index (χ2n) is 8.07. The molecule has 0 spiro atoms. The number of hydrogen-bond donors (Lipinski definition) is 1. The number of rotatable bonds is 5. The molecule has 4 nitrogen and oxygen atoms in total. The molecule has 146 valence electrons. The van der Waals surface area contributed by atoms with Crippen molar-refractivity contribution in [3.8, 4) is 0 Å². The molecule has 0 radical (unpaired) electrons. The molecule has 2 fully saturated rings. The number of halogens is 1. The number of aliphatic hydroxyl groups is 1. The van der Waals surface area contributed by atoms with E-state index in [0.717, 1.165) is 49.2 Å². The average molecular weight is 372 g/mol. The lowest BCUT2D eigenvalue weighted by molar-refractivity contribution is 0.0133. The van der Waals surface area contributed by atoms with Crippen LogP contribution in [-0.4, -0.2) is 58.2 Å².